The average molecular weight is 832 g/mol. The number of hydrogen-bond donors (Lipinski definition) is 5. The molecule has 1 fully saturated rings. The molecule has 16 nitrogen and oxygen atoms in total. The highest BCUT2D eigenvalue weighted by Gasteiger charge is 2.41. The van der Waals surface area contributed by atoms with Crippen LogP contribution in [0.5, 0.6) is 0 Å². The lowest BCUT2D eigenvalue weighted by Crippen LogP contribution is -2.59. The van der Waals surface area contributed by atoms with E-state index in [-0.39, 0.29) is 18.8 Å². The molecule has 1 aliphatic rings. The highest BCUT2D eigenvalue weighted by molar-refractivity contribution is 5.95. The minimum atomic E-state index is -1.43. The molecule has 5 N–H and O–H groups in total. The van der Waals surface area contributed by atoms with E-state index < -0.39 is 114 Å². The zero-order valence-electron chi connectivity index (χ0n) is 36.7. The number of aliphatic hydroxyl groups excluding tert-OH is 2. The lowest BCUT2D eigenvalue weighted by molar-refractivity contribution is -0.168. The fourth-order valence-corrected chi connectivity index (χ4v) is 6.96. The number of hydrogen-bond acceptors (Lipinski definition) is 11. The molecule has 0 bridgehead atoms. The van der Waals surface area contributed by atoms with Crippen LogP contribution < -0.4 is 16.0 Å². The van der Waals surface area contributed by atoms with Gasteiger partial charge >= 0.3 is 11.9 Å². The standard InChI is InChI=1S/C43H69N5O11/c1-12-27(8)35(46-34(50)23-33(49)30(21-24(2)3)45-39(53)37(26(6)7)59-43(57)36(51)25(4)5)38(52)44-28(9)40(54)47(10)32(22-29-17-14-13-15-18-29)41(55)48-20-16-19-31(48)42(56)58-11/h13-15,17-18,24-28,30-33,35-37,49,51H,12,16,19-23H2,1-11H3,(H,44,52)(H,45,53)(H,46,50). The van der Waals surface area contributed by atoms with Crippen molar-refractivity contribution in [3.05, 3.63) is 35.9 Å². The van der Waals surface area contributed by atoms with E-state index in [1.165, 1.54) is 30.9 Å². The molecule has 1 aliphatic heterocycles. The molecule has 0 spiro atoms. The van der Waals surface area contributed by atoms with Crippen LogP contribution in [-0.4, -0.2) is 131 Å². The van der Waals surface area contributed by atoms with Crippen LogP contribution in [0.3, 0.4) is 0 Å². The molecule has 9 atom stereocenters. The first-order valence-corrected chi connectivity index (χ1v) is 20.8. The Morgan fingerprint density at radius 2 is 1.51 bits per heavy atom. The molecule has 0 radical (unpaired) electrons. The molecule has 9 unspecified atom stereocenters. The van der Waals surface area contributed by atoms with Crippen molar-refractivity contribution in [1.29, 1.82) is 0 Å². The van der Waals surface area contributed by atoms with Gasteiger partial charge in [-0.15, -0.1) is 0 Å². The minimum Gasteiger partial charge on any atom is -0.467 e. The number of amides is 5. The molecular formula is C43H69N5O11. The summed E-state index contributed by atoms with van der Waals surface area (Å²) in [5.41, 5.74) is 0.789. The van der Waals surface area contributed by atoms with Gasteiger partial charge < -0.3 is 45.4 Å². The molecular weight excluding hydrogens is 762 g/mol. The van der Waals surface area contributed by atoms with Crippen molar-refractivity contribution in [1.82, 2.24) is 25.8 Å². The number of rotatable bonds is 22. The third-order valence-electron chi connectivity index (χ3n) is 10.8. The molecule has 16 heteroatoms. The molecule has 1 saturated heterocycles. The number of carbonyl (C=O) groups excluding carboxylic acids is 7. The Morgan fingerprint density at radius 3 is 2.05 bits per heavy atom. The predicted molar refractivity (Wildman–Crippen MR) is 220 cm³/mol. The maximum atomic E-state index is 14.1. The third kappa shape index (κ3) is 14.9. The second-order valence-corrected chi connectivity index (χ2v) is 16.8. The summed E-state index contributed by atoms with van der Waals surface area (Å²) in [5, 5.41) is 29.6. The number of nitrogens with one attached hydrogen (secondary N) is 3. The van der Waals surface area contributed by atoms with Gasteiger partial charge in [0.15, 0.2) is 12.2 Å². The molecule has 0 saturated carbocycles. The smallest absolute Gasteiger partial charge is 0.336 e. The van der Waals surface area contributed by atoms with Gasteiger partial charge in [0.25, 0.3) is 5.91 Å². The zero-order chi connectivity index (χ0) is 44.7. The fraction of sp³-hybridized carbons (Fsp3) is 0.698. The summed E-state index contributed by atoms with van der Waals surface area (Å²) in [5.74, 6) is -5.80. The van der Waals surface area contributed by atoms with E-state index in [1.807, 2.05) is 51.1 Å². The number of esters is 2. The van der Waals surface area contributed by atoms with E-state index in [2.05, 4.69) is 16.0 Å². The monoisotopic (exact) mass is 831 g/mol. The molecule has 59 heavy (non-hydrogen) atoms. The Hall–Kier alpha value is -4.57. The number of ether oxygens (including phenoxy) is 2. The van der Waals surface area contributed by atoms with Crippen molar-refractivity contribution in [2.75, 3.05) is 20.7 Å². The van der Waals surface area contributed by atoms with Crippen LogP contribution in [0.15, 0.2) is 30.3 Å². The Kier molecular flexibility index (Phi) is 20.5. The highest BCUT2D eigenvalue weighted by Crippen LogP contribution is 2.23. The number of nitrogens with zero attached hydrogens (tertiary/aromatic N) is 2. The van der Waals surface area contributed by atoms with Gasteiger partial charge in [0.05, 0.1) is 25.7 Å². The second-order valence-electron chi connectivity index (χ2n) is 16.8. The van der Waals surface area contributed by atoms with E-state index in [9.17, 15) is 43.8 Å². The number of methoxy groups -OCH3 is 1. The molecule has 1 aromatic rings. The van der Waals surface area contributed by atoms with Gasteiger partial charge in [-0.2, -0.15) is 0 Å². The maximum Gasteiger partial charge on any atom is 0.336 e. The first kappa shape index (κ1) is 50.6. The zero-order valence-corrected chi connectivity index (χ0v) is 36.7. The van der Waals surface area contributed by atoms with E-state index in [0.717, 1.165) is 5.56 Å². The summed E-state index contributed by atoms with van der Waals surface area (Å²) in [6.07, 6.45) is -2.64. The summed E-state index contributed by atoms with van der Waals surface area (Å²) in [6.45, 7) is 15.8. The van der Waals surface area contributed by atoms with E-state index in [4.69, 9.17) is 9.47 Å². The molecule has 5 amide bonds. The van der Waals surface area contributed by atoms with Gasteiger partial charge in [-0.3, -0.25) is 24.0 Å². The van der Waals surface area contributed by atoms with Gasteiger partial charge in [-0.05, 0) is 55.4 Å². The summed E-state index contributed by atoms with van der Waals surface area (Å²) < 4.78 is 10.3. The van der Waals surface area contributed by atoms with Crippen LogP contribution in [0, 0.1) is 23.7 Å². The van der Waals surface area contributed by atoms with Crippen molar-refractivity contribution < 1.29 is 53.2 Å². The highest BCUT2D eigenvalue weighted by atomic mass is 16.6. The van der Waals surface area contributed by atoms with Gasteiger partial charge in [0.1, 0.15) is 24.2 Å². The SMILES string of the molecule is CCC(C)C(NC(=O)CC(O)C(CC(C)C)NC(=O)C(OC(=O)C(O)C(C)C)C(C)C)C(=O)NC(C)C(=O)N(C)C(Cc1ccccc1)C(=O)N1CCCC1C(=O)OC. The van der Waals surface area contributed by atoms with Crippen molar-refractivity contribution in [2.24, 2.45) is 23.7 Å². The summed E-state index contributed by atoms with van der Waals surface area (Å²) >= 11 is 0. The summed E-state index contributed by atoms with van der Waals surface area (Å²) in [7, 11) is 2.74. The Morgan fingerprint density at radius 1 is 0.881 bits per heavy atom. The number of benzene rings is 1. The average Bonchev–Trinajstić information content (AvgIpc) is 3.69. The lowest BCUT2D eigenvalue weighted by Gasteiger charge is -2.34. The van der Waals surface area contributed by atoms with Gasteiger partial charge in [0.2, 0.25) is 23.6 Å². The van der Waals surface area contributed by atoms with Crippen LogP contribution in [0.25, 0.3) is 0 Å². The first-order valence-electron chi connectivity index (χ1n) is 20.8. The fourth-order valence-electron chi connectivity index (χ4n) is 6.96. The number of likely N-dealkylation sites (N-methyl/N-ethyl adjacent to an activating group) is 1. The Labute approximate surface area is 349 Å². The quantitative estimate of drug-likeness (QED) is 0.107. The van der Waals surface area contributed by atoms with Crippen LogP contribution >= 0.6 is 0 Å². The van der Waals surface area contributed by atoms with Gasteiger partial charge in [-0.25, -0.2) is 9.59 Å². The molecule has 0 aliphatic carbocycles. The van der Waals surface area contributed by atoms with Crippen molar-refractivity contribution in [3.8, 4) is 0 Å². The minimum absolute atomic E-state index is 0.0242. The normalized spacial score (nSPS) is 18.2. The molecule has 0 aromatic heterocycles. The summed E-state index contributed by atoms with van der Waals surface area (Å²) in [4.78, 5) is 96.4. The van der Waals surface area contributed by atoms with Crippen LogP contribution in [0.1, 0.15) is 100.0 Å². The molecule has 1 aromatic carbocycles. The topological polar surface area (TPSA) is 221 Å². The third-order valence-corrected chi connectivity index (χ3v) is 10.8. The predicted octanol–water partition coefficient (Wildman–Crippen LogP) is 2.12. The van der Waals surface area contributed by atoms with Gasteiger partial charge in [-0.1, -0.05) is 92.1 Å². The van der Waals surface area contributed by atoms with E-state index in [1.54, 1.807) is 34.6 Å². The Balaban J connectivity index is 2.22. The first-order chi connectivity index (χ1) is 27.6. The number of carbonyl (C=O) groups is 7. The van der Waals surface area contributed by atoms with Crippen molar-refractivity contribution in [3.63, 3.8) is 0 Å². The molecule has 332 valence electrons. The van der Waals surface area contributed by atoms with Gasteiger partial charge in [0, 0.05) is 20.0 Å². The van der Waals surface area contributed by atoms with Crippen LogP contribution in [0.2, 0.25) is 0 Å². The van der Waals surface area contributed by atoms with Crippen molar-refractivity contribution >= 4 is 41.5 Å². The molecule has 2 rings (SSSR count). The Bertz CT molecular complexity index is 1570. The second kappa shape index (κ2) is 23.9. The van der Waals surface area contributed by atoms with Crippen LogP contribution in [-0.2, 0) is 49.5 Å². The van der Waals surface area contributed by atoms with Crippen LogP contribution in [0.4, 0.5) is 0 Å². The van der Waals surface area contributed by atoms with E-state index in [0.29, 0.717) is 25.8 Å². The van der Waals surface area contributed by atoms with E-state index >= 15 is 0 Å². The number of likely N-dealkylation sites (tertiary alicyclic amines) is 1. The largest absolute Gasteiger partial charge is 0.467 e. The van der Waals surface area contributed by atoms with Crippen molar-refractivity contribution in [2.45, 2.75) is 149 Å². The molecule has 1 heterocycles. The number of aliphatic hydroxyl groups is 2. The lowest BCUT2D eigenvalue weighted by atomic mass is 9.95. The maximum absolute atomic E-state index is 14.1. The summed E-state index contributed by atoms with van der Waals surface area (Å²) in [6, 6.07) is 4.20.